The number of piperidine rings is 1. The van der Waals surface area contributed by atoms with Crippen molar-refractivity contribution in [3.05, 3.63) is 5.69 Å². The standard InChI is InChI=1S/C12H16F3N3S2/c13-12(14,15)3-5-19-11-10(16-20-17-11)9-7-18-4-1-2-8(9)6-18/h8-9H,1-7H2/t8-,9+/m0/s1. The number of hydrogen-bond donors (Lipinski definition) is 0. The molecule has 3 heterocycles. The lowest BCUT2D eigenvalue weighted by atomic mass is 9.89. The van der Waals surface area contributed by atoms with Gasteiger partial charge >= 0.3 is 6.18 Å². The first-order chi connectivity index (χ1) is 9.53. The Morgan fingerprint density at radius 3 is 2.90 bits per heavy atom. The van der Waals surface area contributed by atoms with Gasteiger partial charge in [0.2, 0.25) is 0 Å². The molecule has 1 aromatic rings. The molecule has 20 heavy (non-hydrogen) atoms. The molecule has 1 aromatic heterocycles. The van der Waals surface area contributed by atoms with Crippen molar-refractivity contribution in [2.24, 2.45) is 5.92 Å². The summed E-state index contributed by atoms with van der Waals surface area (Å²) in [5, 5.41) is 0.720. The minimum atomic E-state index is -4.09. The van der Waals surface area contributed by atoms with E-state index in [4.69, 9.17) is 0 Å². The molecular formula is C12H16F3N3S2. The van der Waals surface area contributed by atoms with Crippen LogP contribution in [0.3, 0.4) is 0 Å². The minimum absolute atomic E-state index is 0.0308. The molecular weight excluding hydrogens is 307 g/mol. The van der Waals surface area contributed by atoms with E-state index in [9.17, 15) is 13.2 Å². The van der Waals surface area contributed by atoms with E-state index in [1.54, 1.807) is 0 Å². The Hall–Kier alpha value is -0.340. The number of thioether (sulfide) groups is 1. The molecule has 3 atom stereocenters. The quantitative estimate of drug-likeness (QED) is 0.794. The number of halogens is 3. The van der Waals surface area contributed by atoms with E-state index in [1.165, 1.54) is 24.6 Å². The molecule has 2 saturated heterocycles. The number of fused-ring (bicyclic) bond motifs is 2. The predicted octanol–water partition coefficient (Wildman–Crippen LogP) is 3.39. The van der Waals surface area contributed by atoms with E-state index in [0.29, 0.717) is 11.8 Å². The molecule has 0 aromatic carbocycles. The average Bonchev–Trinajstić information content (AvgIpc) is 2.93. The van der Waals surface area contributed by atoms with Gasteiger partial charge in [-0.05, 0) is 25.3 Å². The van der Waals surface area contributed by atoms with Gasteiger partial charge in [-0.15, -0.1) is 11.8 Å². The highest BCUT2D eigenvalue weighted by Gasteiger charge is 2.39. The van der Waals surface area contributed by atoms with Crippen LogP contribution in [-0.4, -0.2) is 45.2 Å². The highest BCUT2D eigenvalue weighted by molar-refractivity contribution is 7.99. The second kappa shape index (κ2) is 5.81. The molecule has 2 bridgehead atoms. The molecule has 2 aliphatic heterocycles. The monoisotopic (exact) mass is 323 g/mol. The van der Waals surface area contributed by atoms with Crippen LogP contribution in [-0.2, 0) is 0 Å². The van der Waals surface area contributed by atoms with Crippen molar-refractivity contribution >= 4 is 23.5 Å². The lowest BCUT2D eigenvalue weighted by molar-refractivity contribution is -0.129. The Morgan fingerprint density at radius 2 is 2.15 bits per heavy atom. The number of aromatic nitrogens is 2. The van der Waals surface area contributed by atoms with Crippen molar-refractivity contribution in [3.8, 4) is 0 Å². The van der Waals surface area contributed by atoms with Crippen LogP contribution in [0, 0.1) is 5.92 Å². The lowest BCUT2D eigenvalue weighted by Gasteiger charge is -2.21. The molecule has 1 unspecified atom stereocenters. The Labute approximate surface area is 124 Å². The zero-order chi connectivity index (χ0) is 14.2. The van der Waals surface area contributed by atoms with Crippen LogP contribution >= 0.6 is 23.5 Å². The van der Waals surface area contributed by atoms with Gasteiger partial charge in [0.25, 0.3) is 0 Å². The normalized spacial score (nSPS) is 29.9. The molecule has 0 spiro atoms. The number of alkyl halides is 3. The third-order valence-electron chi connectivity index (χ3n) is 4.02. The zero-order valence-corrected chi connectivity index (χ0v) is 12.5. The van der Waals surface area contributed by atoms with Gasteiger partial charge in [0.1, 0.15) is 5.03 Å². The Morgan fingerprint density at radius 1 is 1.30 bits per heavy atom. The topological polar surface area (TPSA) is 29.0 Å². The van der Waals surface area contributed by atoms with E-state index in [-0.39, 0.29) is 5.75 Å². The fraction of sp³-hybridized carbons (Fsp3) is 0.833. The number of hydrogen-bond acceptors (Lipinski definition) is 5. The molecule has 2 fully saturated rings. The molecule has 8 heteroatoms. The second-order valence-electron chi connectivity index (χ2n) is 5.44. The van der Waals surface area contributed by atoms with Gasteiger partial charge in [0.05, 0.1) is 23.8 Å². The second-order valence-corrected chi connectivity index (χ2v) is 7.05. The molecule has 0 aliphatic carbocycles. The number of rotatable bonds is 4. The molecule has 3 nitrogen and oxygen atoms in total. The van der Waals surface area contributed by atoms with Gasteiger partial charge in [-0.25, -0.2) is 0 Å². The van der Waals surface area contributed by atoms with Crippen molar-refractivity contribution in [3.63, 3.8) is 0 Å². The summed E-state index contributed by atoms with van der Waals surface area (Å²) in [6.07, 6.45) is -2.44. The van der Waals surface area contributed by atoms with Gasteiger partial charge in [0.15, 0.2) is 0 Å². The van der Waals surface area contributed by atoms with Gasteiger partial charge in [0, 0.05) is 24.8 Å². The molecule has 3 rings (SSSR count). The third-order valence-corrected chi connectivity index (χ3v) is 5.66. The van der Waals surface area contributed by atoms with Crippen molar-refractivity contribution in [2.75, 3.05) is 25.4 Å². The van der Waals surface area contributed by atoms with E-state index in [0.717, 1.165) is 42.1 Å². The Balaban J connectivity index is 1.65. The zero-order valence-electron chi connectivity index (χ0n) is 10.9. The molecule has 0 amide bonds. The summed E-state index contributed by atoms with van der Waals surface area (Å²) in [5.74, 6) is 1.00. The SMILES string of the molecule is FC(F)(F)CCSc1nsnc1[C@@H]1CN2CCC[C@H]1C2. The molecule has 0 saturated carbocycles. The van der Waals surface area contributed by atoms with Gasteiger partial charge in [-0.2, -0.15) is 21.9 Å². The van der Waals surface area contributed by atoms with Crippen LogP contribution in [0.4, 0.5) is 13.2 Å². The summed E-state index contributed by atoms with van der Waals surface area (Å²) in [6.45, 7) is 3.23. The van der Waals surface area contributed by atoms with Gasteiger partial charge < -0.3 is 4.90 Å². The maximum absolute atomic E-state index is 12.2. The van der Waals surface area contributed by atoms with Crippen molar-refractivity contribution in [2.45, 2.75) is 36.4 Å². The van der Waals surface area contributed by atoms with E-state index >= 15 is 0 Å². The largest absolute Gasteiger partial charge is 0.389 e. The van der Waals surface area contributed by atoms with E-state index in [1.807, 2.05) is 0 Å². The first-order valence-electron chi connectivity index (χ1n) is 6.77. The molecule has 112 valence electrons. The lowest BCUT2D eigenvalue weighted by Crippen LogP contribution is -2.25. The first kappa shape index (κ1) is 14.6. The average molecular weight is 323 g/mol. The van der Waals surface area contributed by atoms with Crippen LogP contribution in [0.2, 0.25) is 0 Å². The highest BCUT2D eigenvalue weighted by atomic mass is 32.2. The van der Waals surface area contributed by atoms with Crippen LogP contribution in [0.15, 0.2) is 5.03 Å². The summed E-state index contributed by atoms with van der Waals surface area (Å²) >= 11 is 2.32. The number of nitrogens with zero attached hydrogens (tertiary/aromatic N) is 3. The van der Waals surface area contributed by atoms with Crippen molar-refractivity contribution < 1.29 is 13.2 Å². The predicted molar refractivity (Wildman–Crippen MR) is 73.2 cm³/mol. The minimum Gasteiger partial charge on any atom is -0.302 e. The van der Waals surface area contributed by atoms with E-state index < -0.39 is 12.6 Å². The van der Waals surface area contributed by atoms with Crippen LogP contribution < -0.4 is 0 Å². The summed E-state index contributed by atoms with van der Waals surface area (Å²) < 4.78 is 45.2. The van der Waals surface area contributed by atoms with Crippen LogP contribution in [0.1, 0.15) is 30.9 Å². The highest BCUT2D eigenvalue weighted by Crippen LogP contribution is 2.41. The Bertz CT molecular complexity index is 463. The summed E-state index contributed by atoms with van der Waals surface area (Å²) in [6, 6.07) is 0. The third kappa shape index (κ3) is 3.28. The van der Waals surface area contributed by atoms with Crippen LogP contribution in [0.5, 0.6) is 0 Å². The molecule has 0 radical (unpaired) electrons. The summed E-state index contributed by atoms with van der Waals surface area (Å²) in [5.41, 5.74) is 0.941. The summed E-state index contributed by atoms with van der Waals surface area (Å²) in [4.78, 5) is 2.43. The fourth-order valence-corrected chi connectivity index (χ4v) is 4.86. The van der Waals surface area contributed by atoms with E-state index in [2.05, 4.69) is 13.6 Å². The van der Waals surface area contributed by atoms with Gasteiger partial charge in [-0.1, -0.05) is 0 Å². The fourth-order valence-electron chi connectivity index (χ4n) is 3.10. The smallest absolute Gasteiger partial charge is 0.302 e. The van der Waals surface area contributed by atoms with Crippen molar-refractivity contribution in [1.82, 2.24) is 13.6 Å². The maximum Gasteiger partial charge on any atom is 0.389 e. The van der Waals surface area contributed by atoms with Crippen LogP contribution in [0.25, 0.3) is 0 Å². The Kier molecular flexibility index (Phi) is 4.24. The van der Waals surface area contributed by atoms with Gasteiger partial charge in [-0.3, -0.25) is 0 Å². The molecule has 0 N–H and O–H groups in total. The maximum atomic E-state index is 12.2. The molecule has 2 aliphatic rings. The first-order valence-corrected chi connectivity index (χ1v) is 8.49. The summed E-state index contributed by atoms with van der Waals surface area (Å²) in [7, 11) is 0. The van der Waals surface area contributed by atoms with Crippen molar-refractivity contribution in [1.29, 1.82) is 0 Å².